The first-order valence-electron chi connectivity index (χ1n) is 6.86. The smallest absolute Gasteiger partial charge is 0.326 e. The Bertz CT molecular complexity index is 603. The van der Waals surface area contributed by atoms with Crippen LogP contribution in [0, 0.1) is 0 Å². The molecule has 0 spiro atoms. The Labute approximate surface area is 133 Å². The second-order valence-corrected chi connectivity index (χ2v) is 5.44. The van der Waals surface area contributed by atoms with Gasteiger partial charge in [0.2, 0.25) is 5.91 Å². The lowest BCUT2D eigenvalue weighted by atomic mass is 10.1. The molecule has 1 aromatic rings. The maximum absolute atomic E-state index is 12.0. The van der Waals surface area contributed by atoms with Gasteiger partial charge in [0.05, 0.1) is 18.1 Å². The van der Waals surface area contributed by atoms with Crippen LogP contribution in [0.4, 0.5) is 0 Å². The molecule has 1 amide bonds. The van der Waals surface area contributed by atoms with Gasteiger partial charge in [-0.15, -0.1) is 0 Å². The highest BCUT2D eigenvalue weighted by atomic mass is 32.1. The number of carbonyl (C=O) groups excluding carboxylic acids is 2. The average Bonchev–Trinajstić information content (AvgIpc) is 2.53. The molecule has 7 heteroatoms. The fraction of sp³-hybridized carbons (Fsp3) is 0.333. The molecule has 0 saturated carbocycles. The lowest BCUT2D eigenvalue weighted by molar-refractivity contribution is -0.146. The average molecular weight is 320 g/mol. The molecule has 0 aromatic heterocycles. The summed E-state index contributed by atoms with van der Waals surface area (Å²) in [4.78, 5) is 36.4. The predicted molar refractivity (Wildman–Crippen MR) is 83.5 cm³/mol. The number of rotatable bonds is 5. The number of benzene rings is 1. The van der Waals surface area contributed by atoms with Gasteiger partial charge in [0.25, 0.3) is 0 Å². The molecule has 0 unspecified atom stereocenters. The number of nitrogens with one attached hydrogen (secondary N) is 1. The fourth-order valence-electron chi connectivity index (χ4n) is 2.26. The molecule has 1 heterocycles. The molecule has 2 rings (SSSR count). The lowest BCUT2D eigenvalue weighted by Gasteiger charge is -2.34. The van der Waals surface area contributed by atoms with Crippen molar-refractivity contribution in [1.29, 1.82) is 0 Å². The third-order valence-electron chi connectivity index (χ3n) is 3.47. The van der Waals surface area contributed by atoms with Gasteiger partial charge in [-0.25, -0.2) is 4.79 Å². The van der Waals surface area contributed by atoms with Crippen LogP contribution in [0.25, 0.3) is 0 Å². The molecule has 1 fully saturated rings. The molecular weight excluding hydrogens is 304 g/mol. The Hall–Kier alpha value is -2.28. The highest BCUT2D eigenvalue weighted by molar-refractivity contribution is 7.80. The molecule has 1 aliphatic rings. The number of hydrogen-bond acceptors (Lipinski definition) is 4. The largest absolute Gasteiger partial charge is 0.480 e. The van der Waals surface area contributed by atoms with E-state index >= 15 is 0 Å². The first kappa shape index (κ1) is 16.1. The van der Waals surface area contributed by atoms with Crippen molar-refractivity contribution in [2.24, 2.45) is 0 Å². The van der Waals surface area contributed by atoms with Gasteiger partial charge in [0.15, 0.2) is 5.78 Å². The Balaban J connectivity index is 1.95. The van der Waals surface area contributed by atoms with Gasteiger partial charge < -0.3 is 15.3 Å². The minimum Gasteiger partial charge on any atom is -0.480 e. The van der Waals surface area contributed by atoms with E-state index in [2.05, 4.69) is 5.32 Å². The van der Waals surface area contributed by atoms with Gasteiger partial charge in [-0.2, -0.15) is 0 Å². The minimum absolute atomic E-state index is 0.0455. The molecule has 2 N–H and O–H groups in total. The van der Waals surface area contributed by atoms with E-state index in [1.165, 1.54) is 4.90 Å². The van der Waals surface area contributed by atoms with Crippen LogP contribution in [-0.4, -0.2) is 45.4 Å². The summed E-state index contributed by atoms with van der Waals surface area (Å²) in [6.07, 6.45) is 0.352. The summed E-state index contributed by atoms with van der Waals surface area (Å²) in [5.74, 6) is -1.45. The molecule has 1 atom stereocenters. The van der Waals surface area contributed by atoms with Crippen LogP contribution < -0.4 is 5.32 Å². The Kier molecular flexibility index (Phi) is 5.21. The van der Waals surface area contributed by atoms with Crippen molar-refractivity contribution >= 4 is 34.9 Å². The summed E-state index contributed by atoms with van der Waals surface area (Å²) in [6, 6.07) is 7.89. The summed E-state index contributed by atoms with van der Waals surface area (Å²) >= 11 is 5.24. The fourth-order valence-corrected chi connectivity index (χ4v) is 2.55. The predicted octanol–water partition coefficient (Wildman–Crippen LogP) is 1.21. The van der Waals surface area contributed by atoms with Crippen LogP contribution in [-0.2, 0) is 9.59 Å². The van der Waals surface area contributed by atoms with E-state index in [9.17, 15) is 19.5 Å². The maximum Gasteiger partial charge on any atom is 0.326 e. The zero-order valence-corrected chi connectivity index (χ0v) is 12.6. The number of thiocarbonyl (C=S) groups is 1. The van der Waals surface area contributed by atoms with E-state index in [1.807, 2.05) is 6.07 Å². The van der Waals surface area contributed by atoms with Gasteiger partial charge in [-0.3, -0.25) is 9.59 Å². The highest BCUT2D eigenvalue weighted by Crippen LogP contribution is 2.14. The lowest BCUT2D eigenvalue weighted by Crippen LogP contribution is -2.56. The van der Waals surface area contributed by atoms with Gasteiger partial charge in [-0.1, -0.05) is 42.5 Å². The minimum atomic E-state index is -1.09. The number of nitrogens with zero attached hydrogens (tertiary/aromatic N) is 1. The van der Waals surface area contributed by atoms with Crippen LogP contribution in [0.15, 0.2) is 30.3 Å². The molecule has 22 heavy (non-hydrogen) atoms. The van der Waals surface area contributed by atoms with Crippen molar-refractivity contribution < 1.29 is 19.5 Å². The summed E-state index contributed by atoms with van der Waals surface area (Å²) in [6.45, 7) is 0.0637. The quantitative estimate of drug-likeness (QED) is 0.626. The third kappa shape index (κ3) is 3.88. The number of carbonyl (C=O) groups is 3. The topological polar surface area (TPSA) is 86.7 Å². The normalized spacial score (nSPS) is 17.7. The second-order valence-electron chi connectivity index (χ2n) is 4.97. The molecule has 0 radical (unpaired) electrons. The van der Waals surface area contributed by atoms with Crippen molar-refractivity contribution in [1.82, 2.24) is 10.2 Å². The number of hydrogen-bond donors (Lipinski definition) is 2. The summed E-state index contributed by atoms with van der Waals surface area (Å²) < 4.78 is 0. The van der Waals surface area contributed by atoms with E-state index in [4.69, 9.17) is 12.2 Å². The molecule has 0 bridgehead atoms. The van der Waals surface area contributed by atoms with Gasteiger partial charge in [0.1, 0.15) is 6.04 Å². The SMILES string of the molecule is O=C1C[C@@H](C(=O)O)N(C(=S)CCC(=O)c2ccccc2)CN1. The first-order valence-corrected chi connectivity index (χ1v) is 7.27. The zero-order valence-electron chi connectivity index (χ0n) is 11.8. The molecule has 6 nitrogen and oxygen atoms in total. The number of Topliss-reactive ketones (excluding diaryl/α,β-unsaturated/α-hetero) is 1. The van der Waals surface area contributed by atoms with Crippen LogP contribution >= 0.6 is 12.2 Å². The highest BCUT2D eigenvalue weighted by Gasteiger charge is 2.33. The first-order chi connectivity index (χ1) is 10.5. The van der Waals surface area contributed by atoms with Crippen molar-refractivity contribution in [3.63, 3.8) is 0 Å². The van der Waals surface area contributed by atoms with Crippen molar-refractivity contribution in [3.05, 3.63) is 35.9 Å². The number of carboxylic acids is 1. The van der Waals surface area contributed by atoms with Crippen LogP contribution in [0.1, 0.15) is 29.6 Å². The van der Waals surface area contributed by atoms with Crippen LogP contribution in [0.5, 0.6) is 0 Å². The monoisotopic (exact) mass is 320 g/mol. The Morgan fingerprint density at radius 2 is 1.95 bits per heavy atom. The Morgan fingerprint density at radius 1 is 1.27 bits per heavy atom. The second kappa shape index (κ2) is 7.13. The van der Waals surface area contributed by atoms with Gasteiger partial charge >= 0.3 is 5.97 Å². The van der Waals surface area contributed by atoms with E-state index in [0.717, 1.165) is 0 Å². The van der Waals surface area contributed by atoms with Crippen LogP contribution in [0.2, 0.25) is 0 Å². The molecular formula is C15H16N2O4S. The van der Waals surface area contributed by atoms with Gasteiger partial charge in [-0.05, 0) is 0 Å². The van der Waals surface area contributed by atoms with Crippen molar-refractivity contribution in [2.75, 3.05) is 6.67 Å². The standard InChI is InChI=1S/C15H16N2O4S/c18-12(10-4-2-1-3-5-10)6-7-14(22)17-9-16-13(19)8-11(17)15(20)21/h1-5,11H,6-9H2,(H,16,19)(H,20,21)/t11-/m0/s1. The van der Waals surface area contributed by atoms with E-state index in [0.29, 0.717) is 10.6 Å². The Morgan fingerprint density at radius 3 is 2.59 bits per heavy atom. The summed E-state index contributed by atoms with van der Waals surface area (Å²) in [7, 11) is 0. The molecule has 1 aliphatic heterocycles. The van der Waals surface area contributed by atoms with E-state index in [-0.39, 0.29) is 37.6 Å². The zero-order chi connectivity index (χ0) is 16.1. The number of ketones is 1. The molecule has 1 saturated heterocycles. The number of amides is 1. The summed E-state index contributed by atoms with van der Waals surface area (Å²) in [5.41, 5.74) is 0.604. The van der Waals surface area contributed by atoms with Crippen molar-refractivity contribution in [2.45, 2.75) is 25.3 Å². The summed E-state index contributed by atoms with van der Waals surface area (Å²) in [5, 5.41) is 11.8. The van der Waals surface area contributed by atoms with Gasteiger partial charge in [0, 0.05) is 18.4 Å². The van der Waals surface area contributed by atoms with Crippen LogP contribution in [0.3, 0.4) is 0 Å². The third-order valence-corrected chi connectivity index (χ3v) is 3.91. The van der Waals surface area contributed by atoms with E-state index < -0.39 is 12.0 Å². The molecule has 116 valence electrons. The number of carboxylic acid groups (broad SMARTS) is 1. The number of aliphatic carboxylic acids is 1. The molecule has 1 aromatic carbocycles. The van der Waals surface area contributed by atoms with Crippen molar-refractivity contribution in [3.8, 4) is 0 Å². The maximum atomic E-state index is 12.0. The van der Waals surface area contributed by atoms with E-state index in [1.54, 1.807) is 24.3 Å². The molecule has 0 aliphatic carbocycles.